The molecule has 0 atom stereocenters. The Balaban J connectivity index is 1.85. The third kappa shape index (κ3) is 3.64. The molecule has 4 rings (SSSR count). The lowest BCUT2D eigenvalue weighted by Crippen LogP contribution is -2.49. The second-order valence-electron chi connectivity index (χ2n) is 10.4. The van der Waals surface area contributed by atoms with Crippen molar-refractivity contribution in [3.63, 3.8) is 0 Å². The molecule has 3 heteroatoms. The number of carbonyl (C=O) groups excluding carboxylic acids is 1. The van der Waals surface area contributed by atoms with Crippen LogP contribution >= 0.6 is 0 Å². The van der Waals surface area contributed by atoms with Gasteiger partial charge in [0.25, 0.3) is 0 Å². The van der Waals surface area contributed by atoms with Crippen molar-refractivity contribution in [3.8, 4) is 11.5 Å². The molecular formula is C30H35NO2. The van der Waals surface area contributed by atoms with E-state index in [4.69, 9.17) is 4.74 Å². The lowest BCUT2D eigenvalue weighted by atomic mass is 9.58. The van der Waals surface area contributed by atoms with Crippen molar-refractivity contribution >= 4 is 11.6 Å². The first kappa shape index (κ1) is 23.1. The Kier molecular flexibility index (Phi) is 5.86. The molecule has 0 aromatic heterocycles. The van der Waals surface area contributed by atoms with E-state index < -0.39 is 10.8 Å². The summed E-state index contributed by atoms with van der Waals surface area (Å²) < 4.78 is 6.24. The molecule has 0 spiro atoms. The number of benzene rings is 3. The Bertz CT molecular complexity index is 1120. The number of amides is 1. The lowest BCUT2D eigenvalue weighted by Gasteiger charge is -2.47. The molecule has 3 aromatic carbocycles. The van der Waals surface area contributed by atoms with Gasteiger partial charge in [-0.1, -0.05) is 89.2 Å². The Morgan fingerprint density at radius 2 is 1.24 bits per heavy atom. The summed E-state index contributed by atoms with van der Waals surface area (Å²) in [5, 5.41) is 3.39. The summed E-state index contributed by atoms with van der Waals surface area (Å²) in [7, 11) is 0. The number of para-hydroxylation sites is 3. The summed E-state index contributed by atoms with van der Waals surface area (Å²) in [6.45, 7) is 15.0. The van der Waals surface area contributed by atoms with Crippen molar-refractivity contribution in [1.82, 2.24) is 0 Å². The zero-order chi connectivity index (χ0) is 24.0. The number of nitrogens with one attached hydrogen (secondary N) is 1. The van der Waals surface area contributed by atoms with Crippen LogP contribution in [0.3, 0.4) is 0 Å². The van der Waals surface area contributed by atoms with Crippen molar-refractivity contribution in [2.45, 2.75) is 65.7 Å². The Hall–Kier alpha value is -3.07. The summed E-state index contributed by atoms with van der Waals surface area (Å²) in [5.74, 6) is 2.24. The molecule has 0 saturated heterocycles. The molecule has 0 saturated carbocycles. The average Bonchev–Trinajstić information content (AvgIpc) is 2.79. The van der Waals surface area contributed by atoms with Crippen LogP contribution in [-0.2, 0) is 10.2 Å². The fourth-order valence-corrected chi connectivity index (χ4v) is 5.07. The first-order valence-electron chi connectivity index (χ1n) is 11.9. The van der Waals surface area contributed by atoms with Crippen LogP contribution < -0.4 is 10.1 Å². The molecule has 3 nitrogen and oxygen atoms in total. The summed E-state index contributed by atoms with van der Waals surface area (Å²) >= 11 is 0. The zero-order valence-corrected chi connectivity index (χ0v) is 20.8. The van der Waals surface area contributed by atoms with Crippen LogP contribution in [0.15, 0.2) is 66.7 Å². The minimum atomic E-state index is -0.763. The summed E-state index contributed by atoms with van der Waals surface area (Å²) in [5.41, 5.74) is 4.02. The molecule has 0 bridgehead atoms. The van der Waals surface area contributed by atoms with Crippen LogP contribution in [0, 0.1) is 5.41 Å². The topological polar surface area (TPSA) is 38.3 Å². The van der Waals surface area contributed by atoms with Crippen LogP contribution in [0.2, 0.25) is 0 Å². The van der Waals surface area contributed by atoms with E-state index in [9.17, 15) is 4.79 Å². The predicted octanol–water partition coefficient (Wildman–Crippen LogP) is 8.01. The van der Waals surface area contributed by atoms with E-state index in [0.717, 1.165) is 28.3 Å². The monoisotopic (exact) mass is 441 g/mol. The van der Waals surface area contributed by atoms with Gasteiger partial charge in [-0.3, -0.25) is 4.79 Å². The van der Waals surface area contributed by atoms with E-state index in [0.29, 0.717) is 11.8 Å². The van der Waals surface area contributed by atoms with Gasteiger partial charge in [-0.25, -0.2) is 0 Å². The molecule has 1 N–H and O–H groups in total. The molecule has 1 amide bonds. The fourth-order valence-electron chi connectivity index (χ4n) is 5.07. The maximum Gasteiger partial charge on any atom is 0.231 e. The summed E-state index contributed by atoms with van der Waals surface area (Å²) in [6, 6.07) is 22.5. The van der Waals surface area contributed by atoms with Gasteiger partial charge in [0, 0.05) is 22.2 Å². The van der Waals surface area contributed by atoms with Gasteiger partial charge in [0.15, 0.2) is 0 Å². The number of ether oxygens (including phenoxy) is 1. The van der Waals surface area contributed by atoms with Gasteiger partial charge in [0.2, 0.25) is 5.91 Å². The predicted molar refractivity (Wildman–Crippen MR) is 136 cm³/mol. The Morgan fingerprint density at radius 3 is 1.70 bits per heavy atom. The van der Waals surface area contributed by atoms with Gasteiger partial charge in [0.1, 0.15) is 11.5 Å². The van der Waals surface area contributed by atoms with Gasteiger partial charge >= 0.3 is 0 Å². The highest BCUT2D eigenvalue weighted by Crippen LogP contribution is 2.56. The average molecular weight is 442 g/mol. The molecule has 0 unspecified atom stereocenters. The number of anilines is 1. The molecule has 0 fully saturated rings. The first-order chi connectivity index (χ1) is 15.6. The van der Waals surface area contributed by atoms with Gasteiger partial charge in [0.05, 0.1) is 5.41 Å². The van der Waals surface area contributed by atoms with Gasteiger partial charge in [-0.05, 0) is 48.9 Å². The number of rotatable bonds is 5. The number of fused-ring (bicyclic) bond motifs is 2. The number of hydrogen-bond donors (Lipinski definition) is 1. The van der Waals surface area contributed by atoms with Crippen molar-refractivity contribution < 1.29 is 9.53 Å². The van der Waals surface area contributed by atoms with Crippen LogP contribution in [0.1, 0.15) is 82.6 Å². The lowest BCUT2D eigenvalue weighted by molar-refractivity contribution is -0.126. The number of carbonyl (C=O) groups is 1. The van der Waals surface area contributed by atoms with E-state index in [-0.39, 0.29) is 5.91 Å². The third-order valence-electron chi connectivity index (χ3n) is 7.50. The second-order valence-corrected chi connectivity index (χ2v) is 10.4. The zero-order valence-electron chi connectivity index (χ0n) is 20.8. The maximum atomic E-state index is 14.2. The number of hydrogen-bond acceptors (Lipinski definition) is 2. The van der Waals surface area contributed by atoms with Crippen molar-refractivity contribution in [2.24, 2.45) is 5.41 Å². The fraction of sp³-hybridized carbons (Fsp3) is 0.367. The van der Waals surface area contributed by atoms with E-state index >= 15 is 0 Å². The molecule has 3 aromatic rings. The molecule has 172 valence electrons. The molecule has 0 aliphatic carbocycles. The highest BCUT2D eigenvalue weighted by molar-refractivity contribution is 5.98. The summed E-state index contributed by atoms with van der Waals surface area (Å²) in [6.07, 6.45) is 0. The summed E-state index contributed by atoms with van der Waals surface area (Å²) in [4.78, 5) is 14.2. The second kappa shape index (κ2) is 8.37. The molecule has 0 radical (unpaired) electrons. The maximum absolute atomic E-state index is 14.2. The van der Waals surface area contributed by atoms with Crippen molar-refractivity contribution in [2.75, 3.05) is 5.32 Å². The van der Waals surface area contributed by atoms with E-state index in [1.54, 1.807) is 0 Å². The van der Waals surface area contributed by atoms with Gasteiger partial charge in [-0.15, -0.1) is 0 Å². The van der Waals surface area contributed by atoms with Crippen LogP contribution in [-0.4, -0.2) is 5.91 Å². The standard InChI is InChI=1S/C30H35NO2/c1-19(2)21-13-12-14-22(20(3)4)27(21)31-28(32)29(5,6)30(7)23-15-8-10-17-25(23)33-26-18-11-9-16-24(26)30/h8-20H,1-7H3,(H,31,32). The first-order valence-corrected chi connectivity index (χ1v) is 11.9. The largest absolute Gasteiger partial charge is 0.457 e. The van der Waals surface area contributed by atoms with E-state index in [1.165, 1.54) is 11.1 Å². The highest BCUT2D eigenvalue weighted by atomic mass is 16.5. The van der Waals surface area contributed by atoms with Crippen LogP contribution in [0.5, 0.6) is 11.5 Å². The quantitative estimate of drug-likeness (QED) is 0.435. The Labute approximate surface area is 198 Å². The Morgan fingerprint density at radius 1 is 0.788 bits per heavy atom. The molecule has 33 heavy (non-hydrogen) atoms. The van der Waals surface area contributed by atoms with Crippen molar-refractivity contribution in [1.29, 1.82) is 0 Å². The third-order valence-corrected chi connectivity index (χ3v) is 7.50. The van der Waals surface area contributed by atoms with Crippen LogP contribution in [0.25, 0.3) is 0 Å². The normalized spacial score (nSPS) is 14.5. The smallest absolute Gasteiger partial charge is 0.231 e. The van der Waals surface area contributed by atoms with Gasteiger partial charge < -0.3 is 10.1 Å². The molecular weight excluding hydrogens is 406 g/mol. The SMILES string of the molecule is CC(C)c1cccc(C(C)C)c1NC(=O)C(C)(C)C1(C)c2ccccc2Oc2ccccc21. The van der Waals surface area contributed by atoms with E-state index in [1.807, 2.05) is 50.2 Å². The molecule has 1 aliphatic rings. The van der Waals surface area contributed by atoms with Crippen molar-refractivity contribution in [3.05, 3.63) is 89.0 Å². The highest BCUT2D eigenvalue weighted by Gasteiger charge is 2.53. The minimum Gasteiger partial charge on any atom is -0.457 e. The molecule has 1 heterocycles. The van der Waals surface area contributed by atoms with Crippen LogP contribution in [0.4, 0.5) is 5.69 Å². The molecule has 1 aliphatic heterocycles. The minimum absolute atomic E-state index is 0.00602. The van der Waals surface area contributed by atoms with Gasteiger partial charge in [-0.2, -0.15) is 0 Å². The van der Waals surface area contributed by atoms with E-state index in [2.05, 4.69) is 70.3 Å².